The van der Waals surface area contributed by atoms with Gasteiger partial charge in [-0.25, -0.2) is 9.59 Å². The van der Waals surface area contributed by atoms with Gasteiger partial charge < -0.3 is 19.5 Å². The van der Waals surface area contributed by atoms with E-state index in [0.29, 0.717) is 18.4 Å². The van der Waals surface area contributed by atoms with E-state index in [2.05, 4.69) is 16.1 Å². The summed E-state index contributed by atoms with van der Waals surface area (Å²) in [6.07, 6.45) is 12.4. The monoisotopic (exact) mass is 459 g/mol. The van der Waals surface area contributed by atoms with Gasteiger partial charge in [0, 0.05) is 6.42 Å². The molecule has 0 aliphatic rings. The van der Waals surface area contributed by atoms with Crippen molar-refractivity contribution in [2.24, 2.45) is 0 Å². The molecule has 7 nitrogen and oxygen atoms in total. The smallest absolute Gasteiger partial charge is 0.407 e. The molecule has 1 atom stereocenters. The summed E-state index contributed by atoms with van der Waals surface area (Å²) in [5, 5.41) is 2.74. The fraction of sp³-hybridized carbons (Fsp3) is 0.500. The normalized spacial score (nSPS) is 12.3. The van der Waals surface area contributed by atoms with Crippen molar-refractivity contribution < 1.29 is 28.6 Å². The van der Waals surface area contributed by atoms with Crippen LogP contribution in [0.1, 0.15) is 69.9 Å². The van der Waals surface area contributed by atoms with Gasteiger partial charge >= 0.3 is 18.0 Å². The highest BCUT2D eigenvalue weighted by Crippen LogP contribution is 2.24. The van der Waals surface area contributed by atoms with Crippen molar-refractivity contribution >= 4 is 18.0 Å². The molecule has 1 unspecified atom stereocenters. The van der Waals surface area contributed by atoms with Crippen molar-refractivity contribution in [2.75, 3.05) is 20.8 Å². The molecule has 0 aromatic heterocycles. The Hall–Kier alpha value is -3.09. The Morgan fingerprint density at radius 3 is 2.30 bits per heavy atom. The van der Waals surface area contributed by atoms with Crippen LogP contribution in [-0.2, 0) is 23.8 Å². The van der Waals surface area contributed by atoms with Gasteiger partial charge in [0.05, 0.1) is 32.4 Å². The number of allylic oxidation sites excluding steroid dienone is 3. The molecule has 0 fully saturated rings. The van der Waals surface area contributed by atoms with E-state index in [-0.39, 0.29) is 12.6 Å². The molecule has 0 radical (unpaired) electrons. The first-order valence-corrected chi connectivity index (χ1v) is 11.5. The molecule has 1 N–H and O–H groups in total. The number of carbonyl (C=O) groups is 3. The summed E-state index contributed by atoms with van der Waals surface area (Å²) in [6.45, 7) is 1.99. The summed E-state index contributed by atoms with van der Waals surface area (Å²) in [4.78, 5) is 35.6. The topological polar surface area (TPSA) is 90.9 Å². The summed E-state index contributed by atoms with van der Waals surface area (Å²) in [5.74, 6) is -0.618. The maximum absolute atomic E-state index is 12.6. The number of nitrogens with one attached hydrogen (secondary N) is 1. The van der Waals surface area contributed by atoms with E-state index < -0.39 is 18.1 Å². The maximum atomic E-state index is 12.6. The summed E-state index contributed by atoms with van der Waals surface area (Å²) < 4.78 is 14.6. The van der Waals surface area contributed by atoms with Crippen LogP contribution in [0.5, 0.6) is 0 Å². The average molecular weight is 460 g/mol. The van der Waals surface area contributed by atoms with Gasteiger partial charge in [0.1, 0.15) is 0 Å². The Labute approximate surface area is 197 Å². The number of hydrogen-bond donors (Lipinski definition) is 1. The number of amides is 1. The van der Waals surface area contributed by atoms with Gasteiger partial charge in [0.2, 0.25) is 0 Å². The van der Waals surface area contributed by atoms with E-state index >= 15 is 0 Å². The zero-order valence-electron chi connectivity index (χ0n) is 20.0. The second-order valence-electron chi connectivity index (χ2n) is 7.45. The highest BCUT2D eigenvalue weighted by Gasteiger charge is 2.25. The van der Waals surface area contributed by atoms with Crippen molar-refractivity contribution in [3.05, 3.63) is 59.7 Å². The molecule has 0 aliphatic heterocycles. The van der Waals surface area contributed by atoms with E-state index in [1.54, 1.807) is 13.0 Å². The SMILES string of the molecule is CCOC(=O)/C(=C\C/C=C/CCCCCCCC(=O)OC)C(NC(=O)OC)c1ccccc1. The van der Waals surface area contributed by atoms with Crippen LogP contribution in [0.2, 0.25) is 0 Å². The first kappa shape index (κ1) is 27.9. The molecule has 0 saturated carbocycles. The lowest BCUT2D eigenvalue weighted by molar-refractivity contribution is -0.141. The molecule has 0 spiro atoms. The Morgan fingerprint density at radius 1 is 0.939 bits per heavy atom. The van der Waals surface area contributed by atoms with Gasteiger partial charge in [0.25, 0.3) is 0 Å². The van der Waals surface area contributed by atoms with Crippen LogP contribution in [0.4, 0.5) is 4.79 Å². The van der Waals surface area contributed by atoms with Crippen molar-refractivity contribution in [1.82, 2.24) is 5.32 Å². The molecule has 0 saturated heterocycles. The van der Waals surface area contributed by atoms with Gasteiger partial charge in [-0.2, -0.15) is 0 Å². The van der Waals surface area contributed by atoms with Gasteiger partial charge in [-0.15, -0.1) is 0 Å². The lowest BCUT2D eigenvalue weighted by Crippen LogP contribution is -2.32. The molecule has 0 aliphatic carbocycles. The number of carbonyl (C=O) groups excluding carboxylic acids is 3. The Kier molecular flexibility index (Phi) is 14.8. The molecule has 33 heavy (non-hydrogen) atoms. The lowest BCUT2D eigenvalue weighted by atomic mass is 9.97. The van der Waals surface area contributed by atoms with Crippen LogP contribution in [0.3, 0.4) is 0 Å². The molecular formula is C26H37NO6. The molecule has 1 aromatic rings. The number of methoxy groups -OCH3 is 2. The number of alkyl carbamates (subject to hydrolysis) is 1. The highest BCUT2D eigenvalue weighted by atomic mass is 16.5. The minimum Gasteiger partial charge on any atom is -0.469 e. The van der Waals surface area contributed by atoms with E-state index in [9.17, 15) is 14.4 Å². The van der Waals surface area contributed by atoms with Gasteiger partial charge in [-0.3, -0.25) is 4.79 Å². The van der Waals surface area contributed by atoms with Crippen molar-refractivity contribution in [2.45, 2.75) is 64.3 Å². The number of ether oxygens (including phenoxy) is 3. The van der Waals surface area contributed by atoms with Gasteiger partial charge in [-0.05, 0) is 38.2 Å². The number of rotatable bonds is 15. The van der Waals surface area contributed by atoms with Crippen molar-refractivity contribution in [3.63, 3.8) is 0 Å². The lowest BCUT2D eigenvalue weighted by Gasteiger charge is -2.21. The Morgan fingerprint density at radius 2 is 1.64 bits per heavy atom. The van der Waals surface area contributed by atoms with Crippen molar-refractivity contribution in [3.8, 4) is 0 Å². The van der Waals surface area contributed by atoms with E-state index in [0.717, 1.165) is 44.1 Å². The molecule has 182 valence electrons. The minimum atomic E-state index is -0.670. The number of hydrogen-bond acceptors (Lipinski definition) is 6. The molecular weight excluding hydrogens is 422 g/mol. The van der Waals surface area contributed by atoms with Gasteiger partial charge in [0.15, 0.2) is 0 Å². The maximum Gasteiger partial charge on any atom is 0.407 e. The Bertz CT molecular complexity index is 772. The quantitative estimate of drug-likeness (QED) is 0.124. The molecule has 1 rings (SSSR count). The second kappa shape index (κ2) is 17.5. The third kappa shape index (κ3) is 11.9. The third-order valence-electron chi connectivity index (χ3n) is 5.02. The molecule has 0 bridgehead atoms. The number of unbranched alkanes of at least 4 members (excludes halogenated alkanes) is 5. The van der Waals surface area contributed by atoms with Crippen LogP contribution >= 0.6 is 0 Å². The first-order chi connectivity index (χ1) is 16.0. The van der Waals surface area contributed by atoms with Crippen LogP contribution in [0, 0.1) is 0 Å². The summed E-state index contributed by atoms with van der Waals surface area (Å²) >= 11 is 0. The fourth-order valence-electron chi connectivity index (χ4n) is 3.27. The first-order valence-electron chi connectivity index (χ1n) is 11.5. The number of esters is 2. The zero-order chi connectivity index (χ0) is 24.3. The van der Waals surface area contributed by atoms with Crippen molar-refractivity contribution in [1.29, 1.82) is 0 Å². The molecule has 1 aromatic carbocycles. The fourth-order valence-corrected chi connectivity index (χ4v) is 3.27. The largest absolute Gasteiger partial charge is 0.469 e. The summed E-state index contributed by atoms with van der Waals surface area (Å²) in [5.41, 5.74) is 1.13. The molecule has 1 amide bonds. The van der Waals surface area contributed by atoms with E-state index in [1.165, 1.54) is 14.2 Å². The van der Waals surface area contributed by atoms with Crippen LogP contribution < -0.4 is 5.32 Å². The predicted molar refractivity (Wildman–Crippen MR) is 128 cm³/mol. The standard InChI is InChI=1S/C26H37NO6/c1-4-33-25(29)22(24(27-26(30)32-3)21-17-13-12-14-18-21)19-15-10-8-6-5-7-9-11-16-20-23(28)31-2/h8,10,12-14,17-19,24H,4-7,9,11,15-16,20H2,1-3H3,(H,27,30)/b10-8+,22-19-. The molecule has 7 heteroatoms. The zero-order valence-corrected chi connectivity index (χ0v) is 20.0. The predicted octanol–water partition coefficient (Wildman–Crippen LogP) is 5.42. The van der Waals surface area contributed by atoms with Crippen LogP contribution in [-0.4, -0.2) is 38.9 Å². The van der Waals surface area contributed by atoms with E-state index in [1.807, 2.05) is 36.4 Å². The van der Waals surface area contributed by atoms with Crippen LogP contribution in [0.25, 0.3) is 0 Å². The van der Waals surface area contributed by atoms with Gasteiger partial charge in [-0.1, -0.05) is 67.8 Å². The van der Waals surface area contributed by atoms with E-state index in [4.69, 9.17) is 9.47 Å². The molecule has 0 heterocycles. The second-order valence-corrected chi connectivity index (χ2v) is 7.45. The number of benzene rings is 1. The summed E-state index contributed by atoms with van der Waals surface area (Å²) in [7, 11) is 2.70. The minimum absolute atomic E-state index is 0.149. The highest BCUT2D eigenvalue weighted by molar-refractivity contribution is 5.91. The van der Waals surface area contributed by atoms with Crippen LogP contribution in [0.15, 0.2) is 54.1 Å². The summed E-state index contributed by atoms with van der Waals surface area (Å²) in [6, 6.07) is 8.58. The third-order valence-corrected chi connectivity index (χ3v) is 5.02. The Balaban J connectivity index is 2.65. The average Bonchev–Trinajstić information content (AvgIpc) is 2.83.